The van der Waals surface area contributed by atoms with Gasteiger partial charge in [0.2, 0.25) is 5.91 Å². The minimum absolute atomic E-state index is 0.0134. The fraction of sp³-hybridized carbons (Fsp3) is 0.0435. The molecule has 0 fully saturated rings. The molecule has 8 nitrogen and oxygen atoms in total. The van der Waals surface area contributed by atoms with Crippen LogP contribution in [0.25, 0.3) is 17.1 Å². The van der Waals surface area contributed by atoms with Gasteiger partial charge in [-0.15, -0.1) is 10.2 Å². The fourth-order valence-electron chi connectivity index (χ4n) is 3.13. The minimum atomic E-state index is -1.19. The lowest BCUT2D eigenvalue weighted by Gasteiger charge is -2.11. The second-order valence-electron chi connectivity index (χ2n) is 6.98. The van der Waals surface area contributed by atoms with Gasteiger partial charge in [-0.05, 0) is 48.5 Å². The molecule has 3 aromatic carbocycles. The van der Waals surface area contributed by atoms with Gasteiger partial charge < -0.3 is 15.5 Å². The fourth-order valence-corrected chi connectivity index (χ4v) is 4.44. The predicted molar refractivity (Wildman–Crippen MR) is 134 cm³/mol. The van der Waals surface area contributed by atoms with Gasteiger partial charge in [0.15, 0.2) is 11.0 Å². The highest BCUT2D eigenvalue weighted by molar-refractivity contribution is 9.10. The van der Waals surface area contributed by atoms with E-state index in [0.29, 0.717) is 22.2 Å². The molecular formula is C23H16BrClN4O4S. The molecule has 34 heavy (non-hydrogen) atoms. The van der Waals surface area contributed by atoms with E-state index >= 15 is 0 Å². The van der Waals surface area contributed by atoms with Crippen LogP contribution in [0.4, 0.5) is 5.69 Å². The number of nitrogens with zero attached hydrogens (tertiary/aromatic N) is 3. The van der Waals surface area contributed by atoms with Gasteiger partial charge in [-0.3, -0.25) is 9.36 Å². The standard InChI is InChI=1S/C23H16BrClN4O4S/c24-13-6-9-19(30)17(10-13)21-27-28-23(29(21)15-4-2-1-3-5-15)34-12-20(31)26-14-7-8-18(25)16(11-14)22(32)33/h1-11,30H,12H2,(H,26,31)(H,32,33). The maximum Gasteiger partial charge on any atom is 0.337 e. The molecule has 0 unspecified atom stereocenters. The molecule has 0 aliphatic rings. The van der Waals surface area contributed by atoms with Crippen molar-refractivity contribution < 1.29 is 19.8 Å². The van der Waals surface area contributed by atoms with E-state index < -0.39 is 5.97 Å². The van der Waals surface area contributed by atoms with Crippen molar-refractivity contribution in [2.45, 2.75) is 5.16 Å². The Hall–Kier alpha value is -3.34. The van der Waals surface area contributed by atoms with Crippen molar-refractivity contribution in [1.82, 2.24) is 14.8 Å². The number of hydrogen-bond donors (Lipinski definition) is 3. The SMILES string of the molecule is O=C(CSc1nnc(-c2cc(Br)ccc2O)n1-c1ccccc1)Nc1ccc(Cl)c(C(=O)O)c1. The van der Waals surface area contributed by atoms with Crippen molar-refractivity contribution in [2.75, 3.05) is 11.1 Å². The van der Waals surface area contributed by atoms with Gasteiger partial charge in [-0.1, -0.05) is 57.5 Å². The van der Waals surface area contributed by atoms with Gasteiger partial charge >= 0.3 is 5.97 Å². The molecule has 1 heterocycles. The topological polar surface area (TPSA) is 117 Å². The van der Waals surface area contributed by atoms with Gasteiger partial charge in [0.05, 0.1) is 21.9 Å². The van der Waals surface area contributed by atoms with Crippen LogP contribution in [0.5, 0.6) is 5.75 Å². The number of hydrogen-bond acceptors (Lipinski definition) is 6. The quantitative estimate of drug-likeness (QED) is 0.257. The number of phenols is 1. The minimum Gasteiger partial charge on any atom is -0.507 e. The summed E-state index contributed by atoms with van der Waals surface area (Å²) in [7, 11) is 0. The van der Waals surface area contributed by atoms with Crippen LogP contribution in [0.3, 0.4) is 0 Å². The molecule has 0 atom stereocenters. The van der Waals surface area contributed by atoms with Crippen LogP contribution in [0.2, 0.25) is 5.02 Å². The Kier molecular flexibility index (Phi) is 7.20. The number of phenolic OH excluding ortho intramolecular Hbond substituents is 1. The van der Waals surface area contributed by atoms with E-state index in [2.05, 4.69) is 31.4 Å². The highest BCUT2D eigenvalue weighted by Gasteiger charge is 2.20. The monoisotopic (exact) mass is 558 g/mol. The Balaban J connectivity index is 1.60. The zero-order valence-electron chi connectivity index (χ0n) is 17.3. The number of aromatic nitrogens is 3. The van der Waals surface area contributed by atoms with Crippen molar-refractivity contribution in [1.29, 1.82) is 0 Å². The molecule has 172 valence electrons. The van der Waals surface area contributed by atoms with E-state index in [1.165, 1.54) is 18.2 Å². The molecule has 3 N–H and O–H groups in total. The van der Waals surface area contributed by atoms with Gasteiger partial charge in [0, 0.05) is 15.8 Å². The number of thioether (sulfide) groups is 1. The number of anilines is 1. The molecule has 1 amide bonds. The lowest BCUT2D eigenvalue weighted by Crippen LogP contribution is -2.15. The maximum atomic E-state index is 12.6. The number of para-hydroxylation sites is 1. The van der Waals surface area contributed by atoms with Crippen LogP contribution >= 0.6 is 39.3 Å². The number of aromatic carboxylic acids is 1. The lowest BCUT2D eigenvalue weighted by molar-refractivity contribution is -0.113. The van der Waals surface area contributed by atoms with Crippen molar-refractivity contribution >= 4 is 56.9 Å². The van der Waals surface area contributed by atoms with Crippen LogP contribution in [-0.4, -0.2) is 42.6 Å². The number of nitrogens with one attached hydrogen (secondary N) is 1. The second kappa shape index (κ2) is 10.3. The Morgan fingerprint density at radius 3 is 2.56 bits per heavy atom. The first-order chi connectivity index (χ1) is 16.3. The summed E-state index contributed by atoms with van der Waals surface area (Å²) in [6.45, 7) is 0. The summed E-state index contributed by atoms with van der Waals surface area (Å²) >= 11 is 10.4. The Bertz CT molecular complexity index is 1380. The first-order valence-corrected chi connectivity index (χ1v) is 11.9. The maximum absolute atomic E-state index is 12.6. The molecule has 0 saturated heterocycles. The number of aromatic hydroxyl groups is 1. The van der Waals surface area contributed by atoms with Crippen LogP contribution in [0, 0.1) is 0 Å². The third kappa shape index (κ3) is 5.24. The third-order valence-corrected chi connectivity index (χ3v) is 6.41. The van der Waals surface area contributed by atoms with E-state index in [9.17, 15) is 19.8 Å². The van der Waals surface area contributed by atoms with E-state index in [1.54, 1.807) is 22.8 Å². The molecular weight excluding hydrogens is 544 g/mol. The highest BCUT2D eigenvalue weighted by atomic mass is 79.9. The van der Waals surface area contributed by atoms with E-state index in [4.69, 9.17) is 11.6 Å². The number of carbonyl (C=O) groups excluding carboxylic acids is 1. The average Bonchev–Trinajstić information content (AvgIpc) is 3.24. The van der Waals surface area contributed by atoms with Crippen molar-refractivity contribution in [3.8, 4) is 22.8 Å². The Labute approximate surface area is 211 Å². The molecule has 0 spiro atoms. The Morgan fingerprint density at radius 2 is 1.82 bits per heavy atom. The molecule has 4 rings (SSSR count). The summed E-state index contributed by atoms with van der Waals surface area (Å²) in [6, 6.07) is 18.6. The highest BCUT2D eigenvalue weighted by Crippen LogP contribution is 2.34. The van der Waals surface area contributed by atoms with Crippen LogP contribution < -0.4 is 5.32 Å². The van der Waals surface area contributed by atoms with E-state index in [1.807, 2.05) is 30.3 Å². The zero-order chi connectivity index (χ0) is 24.2. The normalized spacial score (nSPS) is 10.8. The zero-order valence-corrected chi connectivity index (χ0v) is 20.4. The summed E-state index contributed by atoms with van der Waals surface area (Å²) in [5, 5.41) is 31.3. The largest absolute Gasteiger partial charge is 0.507 e. The molecule has 11 heteroatoms. The molecule has 0 aliphatic heterocycles. The van der Waals surface area contributed by atoms with Crippen LogP contribution in [0.1, 0.15) is 10.4 Å². The predicted octanol–water partition coefficient (Wildman–Crippen LogP) is 5.48. The average molecular weight is 560 g/mol. The van der Waals surface area contributed by atoms with Gasteiger partial charge in [-0.25, -0.2) is 4.79 Å². The van der Waals surface area contributed by atoms with Gasteiger partial charge in [0.25, 0.3) is 0 Å². The number of carbonyl (C=O) groups is 2. The third-order valence-electron chi connectivity index (χ3n) is 4.66. The molecule has 0 bridgehead atoms. The van der Waals surface area contributed by atoms with E-state index in [-0.39, 0.29) is 28.0 Å². The van der Waals surface area contributed by atoms with Gasteiger partial charge in [0.1, 0.15) is 5.75 Å². The number of carboxylic acids is 1. The molecule has 0 saturated carbocycles. The number of halogens is 2. The smallest absolute Gasteiger partial charge is 0.337 e. The summed E-state index contributed by atoms with van der Waals surface area (Å²) < 4.78 is 2.52. The lowest BCUT2D eigenvalue weighted by atomic mass is 10.2. The summed E-state index contributed by atoms with van der Waals surface area (Å²) in [5.41, 5.74) is 1.45. The molecule has 1 aromatic heterocycles. The van der Waals surface area contributed by atoms with Crippen LogP contribution in [0.15, 0.2) is 76.4 Å². The number of benzene rings is 3. The Morgan fingerprint density at radius 1 is 1.06 bits per heavy atom. The molecule has 0 radical (unpaired) electrons. The first-order valence-electron chi connectivity index (χ1n) is 9.78. The molecule has 0 aliphatic carbocycles. The summed E-state index contributed by atoms with van der Waals surface area (Å²) in [6.07, 6.45) is 0. The summed E-state index contributed by atoms with van der Waals surface area (Å²) in [5.74, 6) is -1.11. The van der Waals surface area contributed by atoms with Crippen molar-refractivity contribution in [3.63, 3.8) is 0 Å². The second-order valence-corrected chi connectivity index (χ2v) is 9.24. The first kappa shape index (κ1) is 23.8. The summed E-state index contributed by atoms with van der Waals surface area (Å²) in [4.78, 5) is 23.8. The van der Waals surface area contributed by atoms with E-state index in [0.717, 1.165) is 21.9 Å². The number of rotatable bonds is 7. The molecule has 4 aromatic rings. The number of amides is 1. The van der Waals surface area contributed by atoms with Gasteiger partial charge in [-0.2, -0.15) is 0 Å². The van der Waals surface area contributed by atoms with Crippen LogP contribution in [-0.2, 0) is 4.79 Å². The number of carboxylic acid groups (broad SMARTS) is 1. The van der Waals surface area contributed by atoms with Crippen molar-refractivity contribution in [3.05, 3.63) is 81.8 Å². The van der Waals surface area contributed by atoms with Crippen molar-refractivity contribution in [2.24, 2.45) is 0 Å².